The topological polar surface area (TPSA) is 34.2 Å². The van der Waals surface area contributed by atoms with Crippen molar-refractivity contribution in [1.82, 2.24) is 10.3 Å². The number of thiazole rings is 1. The van der Waals surface area contributed by atoms with Crippen molar-refractivity contribution in [3.05, 3.63) is 15.6 Å². The maximum Gasteiger partial charge on any atom is 0.113 e. The van der Waals surface area contributed by atoms with Crippen LogP contribution < -0.4 is 5.32 Å². The Kier molecular flexibility index (Phi) is 4.17. The molecule has 2 heterocycles. The summed E-state index contributed by atoms with van der Waals surface area (Å²) >= 11 is 1.80. The van der Waals surface area contributed by atoms with Gasteiger partial charge in [-0.1, -0.05) is 6.92 Å². The van der Waals surface area contributed by atoms with Crippen LogP contribution in [0.4, 0.5) is 0 Å². The molecule has 0 spiro atoms. The van der Waals surface area contributed by atoms with E-state index in [1.165, 1.54) is 9.88 Å². The fourth-order valence-corrected chi connectivity index (χ4v) is 3.36. The lowest BCUT2D eigenvalue weighted by Crippen LogP contribution is -2.32. The van der Waals surface area contributed by atoms with E-state index < -0.39 is 0 Å². The Hall–Kier alpha value is -0.450. The highest BCUT2D eigenvalue weighted by atomic mass is 32.1. The second-order valence-corrected chi connectivity index (χ2v) is 6.03. The molecule has 3 nitrogen and oxygen atoms in total. The molecule has 3 atom stereocenters. The van der Waals surface area contributed by atoms with E-state index in [4.69, 9.17) is 4.74 Å². The van der Waals surface area contributed by atoms with E-state index in [0.717, 1.165) is 25.1 Å². The minimum absolute atomic E-state index is 0.266. The van der Waals surface area contributed by atoms with Crippen LogP contribution in [0, 0.1) is 13.8 Å². The summed E-state index contributed by atoms with van der Waals surface area (Å²) in [6.07, 6.45) is 2.98. The lowest BCUT2D eigenvalue weighted by atomic mass is 10.1. The molecule has 0 aromatic carbocycles. The van der Waals surface area contributed by atoms with Crippen LogP contribution in [0.3, 0.4) is 0 Å². The summed E-state index contributed by atoms with van der Waals surface area (Å²) in [7, 11) is 0. The van der Waals surface area contributed by atoms with E-state index in [1.807, 2.05) is 0 Å². The van der Waals surface area contributed by atoms with Crippen LogP contribution in [0.5, 0.6) is 0 Å². The van der Waals surface area contributed by atoms with Gasteiger partial charge in [0.05, 0.1) is 23.9 Å². The van der Waals surface area contributed by atoms with Crippen molar-refractivity contribution in [2.45, 2.75) is 58.8 Å². The molecule has 0 bridgehead atoms. The number of ether oxygens (including phenoxy) is 1. The average molecular weight is 254 g/mol. The molecule has 1 aromatic rings. The number of hydrogen-bond acceptors (Lipinski definition) is 4. The van der Waals surface area contributed by atoms with E-state index in [2.05, 4.69) is 38.0 Å². The smallest absolute Gasteiger partial charge is 0.113 e. The molecule has 4 heteroatoms. The number of likely N-dealkylation sites (N-methyl/N-ethyl adjacent to an activating group) is 1. The monoisotopic (exact) mass is 254 g/mol. The highest BCUT2D eigenvalue weighted by Gasteiger charge is 2.32. The number of nitrogens with one attached hydrogen (secondary N) is 1. The average Bonchev–Trinajstić information content (AvgIpc) is 2.83. The quantitative estimate of drug-likeness (QED) is 0.897. The predicted molar refractivity (Wildman–Crippen MR) is 71.6 cm³/mol. The predicted octanol–water partition coefficient (Wildman–Crippen LogP) is 2.98. The van der Waals surface area contributed by atoms with Gasteiger partial charge < -0.3 is 10.1 Å². The molecule has 0 saturated carbocycles. The summed E-state index contributed by atoms with van der Waals surface area (Å²) < 4.78 is 5.98. The van der Waals surface area contributed by atoms with Crippen molar-refractivity contribution in [3.8, 4) is 0 Å². The molecule has 0 aliphatic carbocycles. The van der Waals surface area contributed by atoms with Crippen molar-refractivity contribution in [2.75, 3.05) is 6.54 Å². The van der Waals surface area contributed by atoms with Crippen molar-refractivity contribution in [2.24, 2.45) is 0 Å². The van der Waals surface area contributed by atoms with Gasteiger partial charge in [0.15, 0.2) is 0 Å². The molecule has 0 amide bonds. The van der Waals surface area contributed by atoms with E-state index in [1.54, 1.807) is 11.3 Å². The normalized spacial score (nSPS) is 26.4. The molecule has 17 heavy (non-hydrogen) atoms. The Morgan fingerprint density at radius 3 is 2.71 bits per heavy atom. The maximum absolute atomic E-state index is 5.98. The minimum atomic E-state index is 0.266. The van der Waals surface area contributed by atoms with Gasteiger partial charge in [-0.2, -0.15) is 0 Å². The number of nitrogens with zero attached hydrogens (tertiary/aromatic N) is 1. The van der Waals surface area contributed by atoms with Gasteiger partial charge in [0.2, 0.25) is 0 Å². The van der Waals surface area contributed by atoms with Crippen LogP contribution in [-0.2, 0) is 4.74 Å². The van der Waals surface area contributed by atoms with Crippen molar-refractivity contribution < 1.29 is 4.74 Å². The highest BCUT2D eigenvalue weighted by molar-refractivity contribution is 7.11. The highest BCUT2D eigenvalue weighted by Crippen LogP contribution is 2.32. The third-order valence-electron chi connectivity index (χ3n) is 3.37. The largest absolute Gasteiger partial charge is 0.373 e. The SMILES string of the molecule is CCNC(c1nc(C)c(C)s1)C1CCC(C)O1. The summed E-state index contributed by atoms with van der Waals surface area (Å²) in [6, 6.07) is 0.266. The molecule has 1 aliphatic rings. The minimum Gasteiger partial charge on any atom is -0.373 e. The summed E-state index contributed by atoms with van der Waals surface area (Å²) in [4.78, 5) is 5.99. The Morgan fingerprint density at radius 2 is 2.24 bits per heavy atom. The molecule has 2 rings (SSSR count). The molecular weight excluding hydrogens is 232 g/mol. The van der Waals surface area contributed by atoms with Crippen LogP contribution in [0.25, 0.3) is 0 Å². The van der Waals surface area contributed by atoms with Crippen molar-refractivity contribution in [1.29, 1.82) is 0 Å². The molecule has 1 aromatic heterocycles. The zero-order valence-corrected chi connectivity index (χ0v) is 11.9. The maximum atomic E-state index is 5.98. The van der Waals surface area contributed by atoms with Crippen LogP contribution in [0.2, 0.25) is 0 Å². The van der Waals surface area contributed by atoms with Crippen molar-refractivity contribution >= 4 is 11.3 Å². The zero-order valence-electron chi connectivity index (χ0n) is 11.1. The summed E-state index contributed by atoms with van der Waals surface area (Å²) in [6.45, 7) is 9.46. The first-order chi connectivity index (χ1) is 8.11. The molecule has 1 N–H and O–H groups in total. The zero-order chi connectivity index (χ0) is 12.4. The van der Waals surface area contributed by atoms with Crippen LogP contribution in [-0.4, -0.2) is 23.7 Å². The number of aryl methyl sites for hydroxylation is 2. The second kappa shape index (κ2) is 5.46. The van der Waals surface area contributed by atoms with Crippen molar-refractivity contribution in [3.63, 3.8) is 0 Å². The van der Waals surface area contributed by atoms with Gasteiger partial charge in [0.1, 0.15) is 5.01 Å². The fraction of sp³-hybridized carbons (Fsp3) is 0.769. The van der Waals surface area contributed by atoms with Gasteiger partial charge in [-0.25, -0.2) is 4.98 Å². The Balaban J connectivity index is 2.16. The molecule has 1 fully saturated rings. The third-order valence-corrected chi connectivity index (χ3v) is 4.53. The Labute approximate surface area is 108 Å². The first kappa shape index (κ1) is 13.0. The standard InChI is InChI=1S/C13H22N2OS/c1-5-14-12(11-7-6-8(2)16-11)13-15-9(3)10(4)17-13/h8,11-12,14H,5-7H2,1-4H3. The van der Waals surface area contributed by atoms with Gasteiger partial charge in [0.25, 0.3) is 0 Å². The summed E-state index contributed by atoms with van der Waals surface area (Å²) in [5.41, 5.74) is 1.15. The summed E-state index contributed by atoms with van der Waals surface area (Å²) in [5.74, 6) is 0. The molecule has 3 unspecified atom stereocenters. The number of hydrogen-bond donors (Lipinski definition) is 1. The fourth-order valence-electron chi connectivity index (χ4n) is 2.31. The molecule has 0 radical (unpaired) electrons. The van der Waals surface area contributed by atoms with E-state index >= 15 is 0 Å². The van der Waals surface area contributed by atoms with E-state index in [0.29, 0.717) is 6.10 Å². The molecule has 96 valence electrons. The van der Waals surface area contributed by atoms with Crippen LogP contribution in [0.1, 0.15) is 48.3 Å². The Morgan fingerprint density at radius 1 is 1.47 bits per heavy atom. The molecular formula is C13H22N2OS. The van der Waals surface area contributed by atoms with Crippen LogP contribution >= 0.6 is 11.3 Å². The van der Waals surface area contributed by atoms with Gasteiger partial charge >= 0.3 is 0 Å². The van der Waals surface area contributed by atoms with Gasteiger partial charge in [-0.15, -0.1) is 11.3 Å². The van der Waals surface area contributed by atoms with Gasteiger partial charge in [-0.3, -0.25) is 0 Å². The Bertz CT molecular complexity index is 358. The summed E-state index contributed by atoms with van der Waals surface area (Å²) in [5, 5.41) is 4.71. The van der Waals surface area contributed by atoms with Crippen LogP contribution in [0.15, 0.2) is 0 Å². The molecule has 1 saturated heterocycles. The molecule has 1 aliphatic heterocycles. The number of rotatable bonds is 4. The lowest BCUT2D eigenvalue weighted by Gasteiger charge is -2.22. The van der Waals surface area contributed by atoms with E-state index in [-0.39, 0.29) is 12.1 Å². The second-order valence-electron chi connectivity index (χ2n) is 4.79. The van der Waals surface area contributed by atoms with Gasteiger partial charge in [0, 0.05) is 4.88 Å². The third kappa shape index (κ3) is 2.87. The van der Waals surface area contributed by atoms with E-state index in [9.17, 15) is 0 Å². The first-order valence-electron chi connectivity index (χ1n) is 6.44. The first-order valence-corrected chi connectivity index (χ1v) is 7.26. The lowest BCUT2D eigenvalue weighted by molar-refractivity contribution is 0.0319. The number of aromatic nitrogens is 1. The van der Waals surface area contributed by atoms with Gasteiger partial charge in [-0.05, 0) is 40.2 Å².